The quantitative estimate of drug-likeness (QED) is 0.767. The van der Waals surface area contributed by atoms with Crippen molar-refractivity contribution < 1.29 is 4.79 Å². The topological polar surface area (TPSA) is 48.5 Å². The molecule has 2 aliphatic rings. The van der Waals surface area contributed by atoms with E-state index in [9.17, 15) is 4.79 Å². The molecule has 4 rings (SSSR count). The average Bonchev–Trinajstić information content (AvgIpc) is 3.04. The Labute approximate surface area is 180 Å². The summed E-state index contributed by atoms with van der Waals surface area (Å²) < 4.78 is 0. The largest absolute Gasteiger partial charge is 0.355 e. The van der Waals surface area contributed by atoms with Crippen molar-refractivity contribution in [2.75, 3.05) is 40.3 Å². The molecule has 0 unspecified atom stereocenters. The number of nitrogens with zero attached hydrogens (tertiary/aromatic N) is 3. The van der Waals surface area contributed by atoms with Gasteiger partial charge in [-0.05, 0) is 86.6 Å². The summed E-state index contributed by atoms with van der Waals surface area (Å²) >= 11 is 0. The number of benzene rings is 1. The van der Waals surface area contributed by atoms with Gasteiger partial charge in [-0.15, -0.1) is 0 Å². The van der Waals surface area contributed by atoms with E-state index in [4.69, 9.17) is 0 Å². The number of nitrogens with one attached hydrogen (secondary N) is 1. The second-order valence-electron chi connectivity index (χ2n) is 9.26. The normalized spacial score (nSPS) is 20.4. The first-order chi connectivity index (χ1) is 14.6. The Balaban J connectivity index is 1.39. The monoisotopic (exact) mass is 406 g/mol. The lowest BCUT2D eigenvalue weighted by molar-refractivity contribution is -0.121. The highest BCUT2D eigenvalue weighted by Gasteiger charge is 2.45. The zero-order valence-corrected chi connectivity index (χ0v) is 18.3. The maximum Gasteiger partial charge on any atom is 0.220 e. The summed E-state index contributed by atoms with van der Waals surface area (Å²) in [5, 5.41) is 3.10. The maximum absolute atomic E-state index is 12.6. The van der Waals surface area contributed by atoms with Gasteiger partial charge >= 0.3 is 0 Å². The Morgan fingerprint density at radius 3 is 2.63 bits per heavy atom. The van der Waals surface area contributed by atoms with Crippen molar-refractivity contribution in [2.45, 2.75) is 43.6 Å². The number of hydrogen-bond acceptors (Lipinski definition) is 4. The van der Waals surface area contributed by atoms with Crippen LogP contribution in [0.5, 0.6) is 0 Å². The van der Waals surface area contributed by atoms with Crippen LogP contribution < -0.4 is 5.32 Å². The lowest BCUT2D eigenvalue weighted by Gasteiger charge is -2.40. The summed E-state index contributed by atoms with van der Waals surface area (Å²) in [6.45, 7) is 4.81. The molecule has 1 aliphatic carbocycles. The summed E-state index contributed by atoms with van der Waals surface area (Å²) in [6, 6.07) is 13.1. The maximum atomic E-state index is 12.6. The highest BCUT2D eigenvalue weighted by atomic mass is 16.1. The third kappa shape index (κ3) is 4.73. The molecule has 0 radical (unpaired) electrons. The van der Waals surface area contributed by atoms with Gasteiger partial charge in [0.05, 0.1) is 0 Å². The molecule has 1 aromatic heterocycles. The molecule has 1 fully saturated rings. The molecule has 5 nitrogen and oxygen atoms in total. The van der Waals surface area contributed by atoms with Crippen molar-refractivity contribution in [3.05, 3.63) is 65.5 Å². The van der Waals surface area contributed by atoms with Crippen LogP contribution in [0.1, 0.15) is 48.3 Å². The molecule has 160 valence electrons. The van der Waals surface area contributed by atoms with Crippen LogP contribution in [-0.4, -0.2) is 61.0 Å². The van der Waals surface area contributed by atoms with E-state index in [1.54, 1.807) is 0 Å². The number of pyridine rings is 1. The first kappa shape index (κ1) is 21.0. The summed E-state index contributed by atoms with van der Waals surface area (Å²) in [7, 11) is 4.06. The number of fused-ring (bicyclic) bond motifs is 2. The molecule has 1 aromatic carbocycles. The molecule has 2 aromatic rings. The smallest absolute Gasteiger partial charge is 0.220 e. The lowest BCUT2D eigenvalue weighted by Crippen LogP contribution is -2.41. The van der Waals surface area contributed by atoms with Crippen molar-refractivity contribution in [3.63, 3.8) is 0 Å². The zero-order chi connectivity index (χ0) is 21.0. The van der Waals surface area contributed by atoms with Crippen molar-refractivity contribution in [3.8, 4) is 0 Å². The van der Waals surface area contributed by atoms with Gasteiger partial charge in [0, 0.05) is 38.4 Å². The van der Waals surface area contributed by atoms with Crippen LogP contribution in [0.3, 0.4) is 0 Å². The summed E-state index contributed by atoms with van der Waals surface area (Å²) in [5.41, 5.74) is 4.47. The molecular weight excluding hydrogens is 372 g/mol. The third-order valence-corrected chi connectivity index (χ3v) is 6.89. The molecule has 1 atom stereocenters. The van der Waals surface area contributed by atoms with Gasteiger partial charge in [-0.3, -0.25) is 14.7 Å². The van der Waals surface area contributed by atoms with E-state index in [1.807, 2.05) is 26.5 Å². The first-order valence-electron chi connectivity index (χ1n) is 11.2. The molecular formula is C25H34N4O. The van der Waals surface area contributed by atoms with Gasteiger partial charge in [0.2, 0.25) is 5.91 Å². The number of aromatic nitrogens is 1. The number of carbonyl (C=O) groups is 1. The number of carbonyl (C=O) groups excluding carboxylic acids is 1. The number of amides is 1. The van der Waals surface area contributed by atoms with Crippen molar-refractivity contribution in [2.24, 2.45) is 0 Å². The van der Waals surface area contributed by atoms with Crippen LogP contribution in [-0.2, 0) is 16.8 Å². The predicted molar refractivity (Wildman–Crippen MR) is 120 cm³/mol. The fourth-order valence-corrected chi connectivity index (χ4v) is 5.28. The SMILES string of the molecule is CN(C)CCNC(=O)C[C@H]1CC2(CCN(Cc3ccncc3)CC2)c2ccccc21. The van der Waals surface area contributed by atoms with Gasteiger partial charge in [-0.2, -0.15) is 0 Å². The molecule has 1 amide bonds. The molecule has 0 bridgehead atoms. The minimum atomic E-state index is 0.184. The fraction of sp³-hybridized carbons (Fsp3) is 0.520. The standard InChI is InChI=1S/C25H34N4O/c1-28(2)16-13-27-24(30)17-21-18-25(23-6-4-3-5-22(21)23)9-14-29(15-10-25)19-20-7-11-26-12-8-20/h3-8,11-12,21H,9-10,13-19H2,1-2H3,(H,27,30)/t21-/m0/s1. The fourth-order valence-electron chi connectivity index (χ4n) is 5.28. The number of likely N-dealkylation sites (N-methyl/N-ethyl adjacent to an activating group) is 1. The molecule has 5 heteroatoms. The molecule has 2 heterocycles. The van der Waals surface area contributed by atoms with Crippen molar-refractivity contribution >= 4 is 5.91 Å². The number of likely N-dealkylation sites (tertiary alicyclic amines) is 1. The Morgan fingerprint density at radius 2 is 1.90 bits per heavy atom. The second kappa shape index (κ2) is 9.27. The Hall–Kier alpha value is -2.24. The van der Waals surface area contributed by atoms with Crippen LogP contribution in [0, 0.1) is 0 Å². The Kier molecular flexibility index (Phi) is 6.49. The average molecular weight is 407 g/mol. The van der Waals surface area contributed by atoms with Crippen LogP contribution in [0.2, 0.25) is 0 Å². The van der Waals surface area contributed by atoms with Crippen LogP contribution in [0.4, 0.5) is 0 Å². The van der Waals surface area contributed by atoms with Gasteiger partial charge in [-0.25, -0.2) is 0 Å². The Morgan fingerprint density at radius 1 is 1.17 bits per heavy atom. The zero-order valence-electron chi connectivity index (χ0n) is 18.3. The Bertz CT molecular complexity index is 843. The molecule has 1 aliphatic heterocycles. The minimum Gasteiger partial charge on any atom is -0.355 e. The number of rotatable bonds is 7. The third-order valence-electron chi connectivity index (χ3n) is 6.89. The highest BCUT2D eigenvalue weighted by molar-refractivity contribution is 5.77. The van der Waals surface area contributed by atoms with Gasteiger partial charge in [0.25, 0.3) is 0 Å². The second-order valence-corrected chi connectivity index (χ2v) is 9.26. The van der Waals surface area contributed by atoms with Crippen molar-refractivity contribution in [1.29, 1.82) is 0 Å². The summed E-state index contributed by atoms with van der Waals surface area (Å²) in [4.78, 5) is 21.4. The number of piperidine rings is 1. The van der Waals surface area contributed by atoms with E-state index >= 15 is 0 Å². The van der Waals surface area contributed by atoms with E-state index in [0.717, 1.165) is 39.1 Å². The van der Waals surface area contributed by atoms with E-state index in [1.165, 1.54) is 29.5 Å². The molecule has 1 saturated heterocycles. The van der Waals surface area contributed by atoms with E-state index in [2.05, 4.69) is 56.5 Å². The summed E-state index contributed by atoms with van der Waals surface area (Å²) in [5.74, 6) is 0.524. The van der Waals surface area contributed by atoms with Gasteiger partial charge in [0.1, 0.15) is 0 Å². The van der Waals surface area contributed by atoms with Crippen LogP contribution in [0.25, 0.3) is 0 Å². The van der Waals surface area contributed by atoms with E-state index < -0.39 is 0 Å². The first-order valence-corrected chi connectivity index (χ1v) is 11.2. The van der Waals surface area contributed by atoms with Gasteiger partial charge in [0.15, 0.2) is 0 Å². The molecule has 0 saturated carbocycles. The molecule has 1 N–H and O–H groups in total. The van der Waals surface area contributed by atoms with Crippen LogP contribution in [0.15, 0.2) is 48.8 Å². The summed E-state index contributed by atoms with van der Waals surface area (Å²) in [6.07, 6.45) is 7.81. The number of hydrogen-bond donors (Lipinski definition) is 1. The van der Waals surface area contributed by atoms with Gasteiger partial charge in [-0.1, -0.05) is 24.3 Å². The lowest BCUT2D eigenvalue weighted by atomic mass is 9.73. The molecule has 30 heavy (non-hydrogen) atoms. The van der Waals surface area contributed by atoms with Crippen LogP contribution >= 0.6 is 0 Å². The van der Waals surface area contributed by atoms with Gasteiger partial charge < -0.3 is 10.2 Å². The van der Waals surface area contributed by atoms with E-state index in [-0.39, 0.29) is 11.3 Å². The highest BCUT2D eigenvalue weighted by Crippen LogP contribution is 2.52. The predicted octanol–water partition coefficient (Wildman–Crippen LogP) is 3.17. The van der Waals surface area contributed by atoms with E-state index in [0.29, 0.717) is 12.3 Å². The molecule has 1 spiro atoms. The minimum absolute atomic E-state index is 0.184. The van der Waals surface area contributed by atoms with Crippen molar-refractivity contribution in [1.82, 2.24) is 20.1 Å².